The second kappa shape index (κ2) is 10.0. The van der Waals surface area contributed by atoms with Gasteiger partial charge >= 0.3 is 0 Å². The molecule has 1 aromatic heterocycles. The highest BCUT2D eigenvalue weighted by Crippen LogP contribution is 2.34. The van der Waals surface area contributed by atoms with E-state index >= 15 is 0 Å². The van der Waals surface area contributed by atoms with E-state index in [4.69, 9.17) is 11.6 Å². The lowest BCUT2D eigenvalue weighted by Crippen LogP contribution is -1.99. The zero-order chi connectivity index (χ0) is 25.3. The van der Waals surface area contributed by atoms with Crippen molar-refractivity contribution >= 4 is 11.6 Å². The normalized spacial score (nSPS) is 11.2. The molecule has 35 heavy (non-hydrogen) atoms. The molecule has 4 rings (SSSR count). The minimum absolute atomic E-state index is 0.0480. The molecule has 0 bridgehead atoms. The smallest absolute Gasteiger partial charge is 0.159 e. The molecule has 0 fully saturated rings. The van der Waals surface area contributed by atoms with Crippen LogP contribution in [0.1, 0.15) is 12.0 Å². The minimum Gasteiger partial charge on any atom is -0.251 e. The predicted molar refractivity (Wildman–Crippen MR) is 117 cm³/mol. The maximum atomic E-state index is 14.9. The molecule has 0 aliphatic rings. The van der Waals surface area contributed by atoms with Gasteiger partial charge in [0.25, 0.3) is 0 Å². The standard InChI is InChI=1S/C25H14ClF7N2/c26-24-20(32)8-14(9-21(24)33)25-34-10-15(11-35-25)23-18(30)6-13(7-19(23)31)22-16(28)4-12(2-1-3-27)5-17(22)29/h4-11H,1-3H2. The number of rotatable bonds is 6. The molecule has 180 valence electrons. The van der Waals surface area contributed by atoms with Crippen molar-refractivity contribution in [1.29, 1.82) is 0 Å². The first-order chi connectivity index (χ1) is 16.7. The molecule has 0 radical (unpaired) electrons. The lowest BCUT2D eigenvalue weighted by Gasteiger charge is -2.12. The molecule has 10 heteroatoms. The predicted octanol–water partition coefficient (Wildman–Crippen LogP) is 7.87. The highest BCUT2D eigenvalue weighted by molar-refractivity contribution is 6.30. The largest absolute Gasteiger partial charge is 0.251 e. The lowest BCUT2D eigenvalue weighted by molar-refractivity contribution is 0.472. The molecule has 3 aromatic carbocycles. The number of benzene rings is 3. The first-order valence-corrected chi connectivity index (χ1v) is 10.6. The van der Waals surface area contributed by atoms with Gasteiger partial charge in [0.05, 0.1) is 17.8 Å². The molecule has 0 saturated heterocycles. The summed E-state index contributed by atoms with van der Waals surface area (Å²) in [6.07, 6.45) is 2.26. The maximum absolute atomic E-state index is 14.9. The molecular formula is C25H14ClF7N2. The fraction of sp³-hybridized carbons (Fsp3) is 0.120. The second-order valence-corrected chi connectivity index (χ2v) is 7.97. The van der Waals surface area contributed by atoms with Crippen LogP contribution in [0.4, 0.5) is 30.7 Å². The molecule has 4 aromatic rings. The van der Waals surface area contributed by atoms with Crippen LogP contribution in [0.25, 0.3) is 33.6 Å². The molecule has 2 nitrogen and oxygen atoms in total. The van der Waals surface area contributed by atoms with Gasteiger partial charge in [0, 0.05) is 23.5 Å². The van der Waals surface area contributed by atoms with Crippen LogP contribution in [-0.4, -0.2) is 16.6 Å². The van der Waals surface area contributed by atoms with Crippen LogP contribution in [-0.2, 0) is 6.42 Å². The van der Waals surface area contributed by atoms with Crippen LogP contribution in [0.5, 0.6) is 0 Å². The summed E-state index contributed by atoms with van der Waals surface area (Å²) in [6, 6.07) is 5.32. The Hall–Kier alpha value is -3.46. The van der Waals surface area contributed by atoms with Gasteiger partial charge in [-0.25, -0.2) is 36.3 Å². The van der Waals surface area contributed by atoms with E-state index in [2.05, 4.69) is 9.97 Å². The van der Waals surface area contributed by atoms with Gasteiger partial charge in [-0.15, -0.1) is 0 Å². The van der Waals surface area contributed by atoms with Crippen molar-refractivity contribution in [1.82, 2.24) is 9.97 Å². The monoisotopic (exact) mass is 510 g/mol. The van der Waals surface area contributed by atoms with Gasteiger partial charge in [0.1, 0.15) is 39.9 Å². The van der Waals surface area contributed by atoms with E-state index < -0.39 is 57.7 Å². The molecule has 1 heterocycles. The van der Waals surface area contributed by atoms with Gasteiger partial charge in [-0.3, -0.25) is 4.39 Å². The Morgan fingerprint density at radius 3 is 1.57 bits per heavy atom. The molecule has 0 saturated carbocycles. The first kappa shape index (κ1) is 24.7. The summed E-state index contributed by atoms with van der Waals surface area (Å²) in [4.78, 5) is 7.79. The number of alkyl halides is 1. The SMILES string of the molecule is FCCCc1cc(F)c(-c2cc(F)c(-c3cnc(-c4cc(F)c(Cl)c(F)c4)nc3)c(F)c2)c(F)c1. The molecule has 0 unspecified atom stereocenters. The van der Waals surface area contributed by atoms with Crippen molar-refractivity contribution in [2.75, 3.05) is 6.67 Å². The zero-order valence-electron chi connectivity index (χ0n) is 17.7. The summed E-state index contributed by atoms with van der Waals surface area (Å²) < 4.78 is 98.5. The third-order valence-electron chi connectivity index (χ3n) is 5.21. The first-order valence-electron chi connectivity index (χ1n) is 10.2. The summed E-state index contributed by atoms with van der Waals surface area (Å²) in [5, 5.41) is -0.697. The fourth-order valence-electron chi connectivity index (χ4n) is 3.60. The van der Waals surface area contributed by atoms with E-state index in [-0.39, 0.29) is 40.9 Å². The van der Waals surface area contributed by atoms with Crippen molar-refractivity contribution in [3.63, 3.8) is 0 Å². The molecular weight excluding hydrogens is 497 g/mol. The van der Waals surface area contributed by atoms with E-state index in [0.29, 0.717) is 0 Å². The Bertz CT molecular complexity index is 1340. The average Bonchev–Trinajstić information content (AvgIpc) is 2.80. The molecule has 0 amide bonds. The number of nitrogens with zero attached hydrogens (tertiary/aromatic N) is 2. The fourth-order valence-corrected chi connectivity index (χ4v) is 3.71. The Kier molecular flexibility index (Phi) is 7.07. The lowest BCUT2D eigenvalue weighted by atomic mass is 9.97. The highest BCUT2D eigenvalue weighted by atomic mass is 35.5. The van der Waals surface area contributed by atoms with Crippen LogP contribution < -0.4 is 0 Å². The number of aryl methyl sites for hydroxylation is 1. The summed E-state index contributed by atoms with van der Waals surface area (Å²) in [6.45, 7) is -0.652. The van der Waals surface area contributed by atoms with Crippen LogP contribution in [0.15, 0.2) is 48.8 Å². The molecule has 0 atom stereocenters. The Morgan fingerprint density at radius 1 is 0.600 bits per heavy atom. The number of aromatic nitrogens is 2. The van der Waals surface area contributed by atoms with Crippen LogP contribution in [0.2, 0.25) is 5.02 Å². The summed E-state index contributed by atoms with van der Waals surface area (Å²) in [5.74, 6) is -6.55. The van der Waals surface area contributed by atoms with Gasteiger partial charge in [-0.2, -0.15) is 0 Å². The van der Waals surface area contributed by atoms with E-state index in [0.717, 1.165) is 48.8 Å². The number of hydrogen-bond acceptors (Lipinski definition) is 2. The van der Waals surface area contributed by atoms with Crippen molar-refractivity contribution in [3.05, 3.63) is 94.3 Å². The van der Waals surface area contributed by atoms with E-state index in [1.807, 2.05) is 0 Å². The maximum Gasteiger partial charge on any atom is 0.159 e. The molecule has 0 aliphatic heterocycles. The summed E-state index contributed by atoms with van der Waals surface area (Å²) in [5.41, 5.74) is -1.51. The van der Waals surface area contributed by atoms with Crippen molar-refractivity contribution < 1.29 is 30.7 Å². The molecule has 0 spiro atoms. The van der Waals surface area contributed by atoms with Gasteiger partial charge in [0.15, 0.2) is 5.82 Å². The van der Waals surface area contributed by atoms with E-state index in [1.165, 1.54) is 0 Å². The average molecular weight is 511 g/mol. The second-order valence-electron chi connectivity index (χ2n) is 7.59. The Labute approximate surface area is 200 Å². The van der Waals surface area contributed by atoms with Gasteiger partial charge in [0.2, 0.25) is 0 Å². The van der Waals surface area contributed by atoms with Crippen LogP contribution >= 0.6 is 11.6 Å². The van der Waals surface area contributed by atoms with Gasteiger partial charge in [-0.05, 0) is 60.4 Å². The van der Waals surface area contributed by atoms with Crippen molar-refractivity contribution in [2.45, 2.75) is 12.8 Å². The number of hydrogen-bond donors (Lipinski definition) is 0. The third-order valence-corrected chi connectivity index (χ3v) is 5.58. The Balaban J connectivity index is 1.69. The molecule has 0 N–H and O–H groups in total. The Morgan fingerprint density at radius 2 is 1.06 bits per heavy atom. The minimum atomic E-state index is -1.14. The summed E-state index contributed by atoms with van der Waals surface area (Å²) in [7, 11) is 0. The molecule has 0 aliphatic carbocycles. The highest BCUT2D eigenvalue weighted by Gasteiger charge is 2.20. The van der Waals surface area contributed by atoms with E-state index in [1.54, 1.807) is 0 Å². The summed E-state index contributed by atoms with van der Waals surface area (Å²) >= 11 is 5.45. The zero-order valence-corrected chi connectivity index (χ0v) is 18.4. The van der Waals surface area contributed by atoms with E-state index in [9.17, 15) is 30.7 Å². The number of halogens is 8. The van der Waals surface area contributed by atoms with Crippen molar-refractivity contribution in [2.24, 2.45) is 0 Å². The van der Waals surface area contributed by atoms with Gasteiger partial charge in [-0.1, -0.05) is 11.6 Å². The topological polar surface area (TPSA) is 25.8 Å². The van der Waals surface area contributed by atoms with Crippen molar-refractivity contribution in [3.8, 4) is 33.6 Å². The van der Waals surface area contributed by atoms with Crippen LogP contribution in [0, 0.1) is 34.9 Å². The van der Waals surface area contributed by atoms with Crippen LogP contribution in [0.3, 0.4) is 0 Å². The quantitative estimate of drug-likeness (QED) is 0.195. The third kappa shape index (κ3) is 5.00. The van der Waals surface area contributed by atoms with Gasteiger partial charge < -0.3 is 0 Å².